The number of aromatic nitrogens is 3. The third kappa shape index (κ3) is 3.62. The molecule has 2 aliphatic rings. The summed E-state index contributed by atoms with van der Waals surface area (Å²) < 4.78 is 13.3. The van der Waals surface area contributed by atoms with Crippen molar-refractivity contribution in [1.82, 2.24) is 20.1 Å². The van der Waals surface area contributed by atoms with Crippen LogP contribution in [0.25, 0.3) is 11.0 Å². The summed E-state index contributed by atoms with van der Waals surface area (Å²) in [6, 6.07) is 8.31. The van der Waals surface area contributed by atoms with Gasteiger partial charge in [0.25, 0.3) is 5.91 Å². The van der Waals surface area contributed by atoms with Gasteiger partial charge in [-0.25, -0.2) is 9.67 Å². The Morgan fingerprint density at radius 3 is 2.68 bits per heavy atom. The van der Waals surface area contributed by atoms with Gasteiger partial charge in [-0.3, -0.25) is 4.79 Å². The Kier molecular flexibility index (Phi) is 5.04. The highest BCUT2D eigenvalue weighted by atomic mass is 16.6. The van der Waals surface area contributed by atoms with E-state index in [0.29, 0.717) is 25.3 Å². The first-order chi connectivity index (χ1) is 15.1. The first-order valence-electron chi connectivity index (χ1n) is 11.1. The molecule has 1 fully saturated rings. The smallest absolute Gasteiger partial charge is 0.252 e. The minimum absolute atomic E-state index is 0.0778. The van der Waals surface area contributed by atoms with Crippen LogP contribution in [0.5, 0.6) is 11.5 Å². The number of carbonyl (C=O) groups is 1. The highest BCUT2D eigenvalue weighted by molar-refractivity contribution is 5.96. The number of rotatable bonds is 5. The van der Waals surface area contributed by atoms with Crippen LogP contribution in [-0.4, -0.2) is 40.4 Å². The van der Waals surface area contributed by atoms with Crippen molar-refractivity contribution in [2.75, 3.05) is 19.8 Å². The van der Waals surface area contributed by atoms with Crippen LogP contribution in [0.1, 0.15) is 61.5 Å². The van der Waals surface area contributed by atoms with Gasteiger partial charge < -0.3 is 14.8 Å². The summed E-state index contributed by atoms with van der Waals surface area (Å²) in [5.74, 6) is 1.50. The Balaban J connectivity index is 1.35. The van der Waals surface area contributed by atoms with Crippen LogP contribution in [0.2, 0.25) is 0 Å². The topological polar surface area (TPSA) is 78.3 Å². The van der Waals surface area contributed by atoms with Crippen LogP contribution >= 0.6 is 0 Å². The van der Waals surface area contributed by atoms with E-state index in [9.17, 15) is 4.79 Å². The van der Waals surface area contributed by atoms with E-state index in [1.165, 1.54) is 5.56 Å². The van der Waals surface area contributed by atoms with E-state index in [2.05, 4.69) is 41.4 Å². The second-order valence-electron chi connectivity index (χ2n) is 8.85. The number of ether oxygens (including phenoxy) is 2. The molecule has 1 amide bonds. The molecule has 0 atom stereocenters. The molecule has 3 aromatic rings. The predicted molar refractivity (Wildman–Crippen MR) is 118 cm³/mol. The zero-order valence-corrected chi connectivity index (χ0v) is 18.1. The van der Waals surface area contributed by atoms with Gasteiger partial charge in [-0.15, -0.1) is 0 Å². The molecule has 1 saturated carbocycles. The summed E-state index contributed by atoms with van der Waals surface area (Å²) in [6.45, 7) is 5.88. The SMILES string of the molecule is CC(C)n1ncc2cc(C(=O)NCC3(c4ccc5c(c4)OCCO5)CCCC3)cnc21. The number of hydrogen-bond acceptors (Lipinski definition) is 5. The van der Waals surface area contributed by atoms with E-state index in [1.807, 2.05) is 16.8 Å². The summed E-state index contributed by atoms with van der Waals surface area (Å²) in [7, 11) is 0. The summed E-state index contributed by atoms with van der Waals surface area (Å²) >= 11 is 0. The minimum atomic E-state index is -0.101. The van der Waals surface area contributed by atoms with Gasteiger partial charge in [0.15, 0.2) is 17.1 Å². The van der Waals surface area contributed by atoms with Gasteiger partial charge in [0.1, 0.15) is 13.2 Å². The van der Waals surface area contributed by atoms with Gasteiger partial charge in [-0.2, -0.15) is 5.10 Å². The van der Waals surface area contributed by atoms with Crippen molar-refractivity contribution in [3.8, 4) is 11.5 Å². The van der Waals surface area contributed by atoms with Gasteiger partial charge in [-0.1, -0.05) is 18.9 Å². The lowest BCUT2D eigenvalue weighted by atomic mass is 9.78. The number of fused-ring (bicyclic) bond motifs is 2. The van der Waals surface area contributed by atoms with Crippen LogP contribution in [-0.2, 0) is 5.41 Å². The average Bonchev–Trinajstić information content (AvgIpc) is 3.44. The summed E-state index contributed by atoms with van der Waals surface area (Å²) in [4.78, 5) is 17.5. The molecular weight excluding hydrogens is 392 g/mol. The maximum absolute atomic E-state index is 13.0. The molecule has 1 N–H and O–H groups in total. The van der Waals surface area contributed by atoms with E-state index in [4.69, 9.17) is 9.47 Å². The molecule has 1 aliphatic carbocycles. The number of nitrogens with zero attached hydrogens (tertiary/aromatic N) is 3. The van der Waals surface area contributed by atoms with Gasteiger partial charge in [0.2, 0.25) is 0 Å². The zero-order chi connectivity index (χ0) is 21.4. The zero-order valence-electron chi connectivity index (χ0n) is 18.1. The molecule has 7 nitrogen and oxygen atoms in total. The van der Waals surface area contributed by atoms with Crippen molar-refractivity contribution in [2.45, 2.75) is 51.0 Å². The van der Waals surface area contributed by atoms with E-state index in [0.717, 1.165) is 48.2 Å². The number of hydrogen-bond donors (Lipinski definition) is 1. The van der Waals surface area contributed by atoms with Crippen molar-refractivity contribution < 1.29 is 14.3 Å². The standard InChI is InChI=1S/C24H28N4O3/c1-16(2)28-22-17(14-27-28)11-18(13-25-22)23(29)26-15-24(7-3-4-8-24)19-5-6-20-21(12-19)31-10-9-30-20/h5-6,11-14,16H,3-4,7-10,15H2,1-2H3,(H,26,29). The Morgan fingerprint density at radius 1 is 1.13 bits per heavy atom. The van der Waals surface area contributed by atoms with E-state index < -0.39 is 0 Å². The largest absolute Gasteiger partial charge is 0.486 e. The van der Waals surface area contributed by atoms with E-state index >= 15 is 0 Å². The van der Waals surface area contributed by atoms with Gasteiger partial charge in [0.05, 0.1) is 11.8 Å². The number of amides is 1. The quantitative estimate of drug-likeness (QED) is 0.674. The molecule has 2 aromatic heterocycles. The van der Waals surface area contributed by atoms with Gasteiger partial charge >= 0.3 is 0 Å². The van der Waals surface area contributed by atoms with Crippen molar-refractivity contribution in [3.05, 3.63) is 47.8 Å². The Bertz CT molecular complexity index is 1120. The molecule has 1 aromatic carbocycles. The summed E-state index contributed by atoms with van der Waals surface area (Å²) in [6.07, 6.45) is 7.82. The first-order valence-corrected chi connectivity index (χ1v) is 11.1. The molecule has 162 valence electrons. The lowest BCUT2D eigenvalue weighted by molar-refractivity contribution is 0.0943. The Hall–Kier alpha value is -3.09. The van der Waals surface area contributed by atoms with Gasteiger partial charge in [0, 0.05) is 29.6 Å². The number of pyridine rings is 1. The normalized spacial score (nSPS) is 17.3. The maximum Gasteiger partial charge on any atom is 0.252 e. The molecule has 0 saturated heterocycles. The second kappa shape index (κ2) is 7.87. The number of carbonyl (C=O) groups excluding carboxylic acids is 1. The summed E-state index contributed by atoms with van der Waals surface area (Å²) in [5, 5.41) is 8.45. The third-order valence-electron chi connectivity index (χ3n) is 6.49. The molecule has 5 rings (SSSR count). The fourth-order valence-electron chi connectivity index (χ4n) is 4.79. The molecule has 0 radical (unpaired) electrons. The lowest BCUT2D eigenvalue weighted by Crippen LogP contribution is -2.39. The minimum Gasteiger partial charge on any atom is -0.486 e. The van der Waals surface area contributed by atoms with Crippen LogP contribution in [0.15, 0.2) is 36.7 Å². The van der Waals surface area contributed by atoms with Crippen molar-refractivity contribution in [1.29, 1.82) is 0 Å². The lowest BCUT2D eigenvalue weighted by Gasteiger charge is -2.31. The monoisotopic (exact) mass is 420 g/mol. The van der Waals surface area contributed by atoms with Crippen LogP contribution in [0.4, 0.5) is 0 Å². The Labute approximate surface area is 181 Å². The molecule has 0 bridgehead atoms. The molecule has 0 unspecified atom stereocenters. The average molecular weight is 421 g/mol. The van der Waals surface area contributed by atoms with Crippen molar-refractivity contribution >= 4 is 16.9 Å². The molecule has 31 heavy (non-hydrogen) atoms. The first kappa shape index (κ1) is 19.8. The molecule has 7 heteroatoms. The molecular formula is C24H28N4O3. The molecule has 0 spiro atoms. The fraction of sp³-hybridized carbons (Fsp3) is 0.458. The third-order valence-corrected chi connectivity index (χ3v) is 6.49. The van der Waals surface area contributed by atoms with Gasteiger partial charge in [-0.05, 0) is 50.5 Å². The van der Waals surface area contributed by atoms with E-state index in [-0.39, 0.29) is 17.4 Å². The van der Waals surface area contributed by atoms with Crippen molar-refractivity contribution in [2.24, 2.45) is 0 Å². The molecule has 1 aliphatic heterocycles. The highest BCUT2D eigenvalue weighted by Gasteiger charge is 2.37. The highest BCUT2D eigenvalue weighted by Crippen LogP contribution is 2.43. The maximum atomic E-state index is 13.0. The van der Waals surface area contributed by atoms with Crippen LogP contribution < -0.4 is 14.8 Å². The fourth-order valence-corrected chi connectivity index (χ4v) is 4.79. The Morgan fingerprint density at radius 2 is 1.90 bits per heavy atom. The second-order valence-corrected chi connectivity index (χ2v) is 8.85. The number of benzene rings is 1. The van der Waals surface area contributed by atoms with Crippen LogP contribution in [0, 0.1) is 0 Å². The number of nitrogens with one attached hydrogen (secondary N) is 1. The van der Waals surface area contributed by atoms with Crippen molar-refractivity contribution in [3.63, 3.8) is 0 Å². The van der Waals surface area contributed by atoms with E-state index in [1.54, 1.807) is 12.4 Å². The summed E-state index contributed by atoms with van der Waals surface area (Å²) in [5.41, 5.74) is 2.49. The van der Waals surface area contributed by atoms with Crippen LogP contribution in [0.3, 0.4) is 0 Å². The molecule has 3 heterocycles. The predicted octanol–water partition coefficient (Wildman–Crippen LogP) is 4.03.